The van der Waals surface area contributed by atoms with Crippen LogP contribution in [0.3, 0.4) is 0 Å². The molecule has 1 heterocycles. The van der Waals surface area contributed by atoms with Crippen LogP contribution in [0.2, 0.25) is 0 Å². The molecule has 2 rings (SSSR count). The van der Waals surface area contributed by atoms with Crippen LogP contribution in [0.5, 0.6) is 0 Å². The normalized spacial score (nSPS) is 18.0. The van der Waals surface area contributed by atoms with Crippen molar-refractivity contribution in [3.8, 4) is 0 Å². The van der Waals surface area contributed by atoms with Crippen LogP contribution < -0.4 is 10.5 Å². The average molecular weight is 340 g/mol. The van der Waals surface area contributed by atoms with Crippen molar-refractivity contribution in [2.24, 2.45) is 11.1 Å². The second kappa shape index (κ2) is 9.35. The van der Waals surface area contributed by atoms with Crippen LogP contribution in [0.1, 0.15) is 56.9 Å². The summed E-state index contributed by atoms with van der Waals surface area (Å²) in [6, 6.07) is 4.13. The van der Waals surface area contributed by atoms with E-state index in [-0.39, 0.29) is 11.8 Å². The van der Waals surface area contributed by atoms with Crippen molar-refractivity contribution in [3.05, 3.63) is 30.1 Å². The van der Waals surface area contributed by atoms with Gasteiger partial charge in [0.1, 0.15) is 0 Å². The lowest BCUT2D eigenvalue weighted by Crippen LogP contribution is -2.32. The molecule has 23 heavy (non-hydrogen) atoms. The molecule has 0 aromatic carbocycles. The topological polar surface area (TPSA) is 85.1 Å². The fourth-order valence-corrected chi connectivity index (χ4v) is 3.95. The first-order valence-electron chi connectivity index (χ1n) is 8.66. The summed E-state index contributed by atoms with van der Waals surface area (Å²) >= 11 is 0. The zero-order chi connectivity index (χ0) is 16.5. The number of nitrogens with two attached hydrogens (primary N) is 1. The van der Waals surface area contributed by atoms with Gasteiger partial charge in [-0.2, -0.15) is 0 Å². The van der Waals surface area contributed by atoms with Gasteiger partial charge in [-0.1, -0.05) is 38.2 Å². The molecular formula is C17H29N3O2S. The molecule has 3 N–H and O–H groups in total. The third-order valence-electron chi connectivity index (χ3n) is 4.72. The number of rotatable bonds is 9. The van der Waals surface area contributed by atoms with Gasteiger partial charge < -0.3 is 5.32 Å². The SMILES string of the molecule is NS(=O)(=O)CCC(CCC1CCCCC1)NCc1cccnc1. The van der Waals surface area contributed by atoms with Crippen LogP contribution in [0.4, 0.5) is 0 Å². The minimum atomic E-state index is -3.40. The van der Waals surface area contributed by atoms with Crippen molar-refractivity contribution in [1.29, 1.82) is 0 Å². The maximum absolute atomic E-state index is 11.3. The number of primary sulfonamides is 1. The highest BCUT2D eigenvalue weighted by Crippen LogP contribution is 2.28. The van der Waals surface area contributed by atoms with E-state index in [9.17, 15) is 8.42 Å². The van der Waals surface area contributed by atoms with Crippen LogP contribution in [0, 0.1) is 5.92 Å². The molecule has 1 aliphatic carbocycles. The zero-order valence-electron chi connectivity index (χ0n) is 13.8. The van der Waals surface area contributed by atoms with Crippen LogP contribution in [-0.2, 0) is 16.6 Å². The maximum Gasteiger partial charge on any atom is 0.209 e. The first-order valence-corrected chi connectivity index (χ1v) is 10.4. The van der Waals surface area contributed by atoms with Crippen LogP contribution in [0.15, 0.2) is 24.5 Å². The van der Waals surface area contributed by atoms with Crippen LogP contribution >= 0.6 is 0 Å². The van der Waals surface area contributed by atoms with Gasteiger partial charge >= 0.3 is 0 Å². The van der Waals surface area contributed by atoms with Crippen molar-refractivity contribution < 1.29 is 8.42 Å². The summed E-state index contributed by atoms with van der Waals surface area (Å²) in [5, 5.41) is 8.65. The van der Waals surface area contributed by atoms with E-state index < -0.39 is 10.0 Å². The molecule has 0 bridgehead atoms. The Morgan fingerprint density at radius 2 is 2.04 bits per heavy atom. The van der Waals surface area contributed by atoms with Crippen molar-refractivity contribution in [1.82, 2.24) is 10.3 Å². The first-order chi connectivity index (χ1) is 11.0. The van der Waals surface area contributed by atoms with E-state index in [1.165, 1.54) is 38.5 Å². The van der Waals surface area contributed by atoms with Crippen LogP contribution in [0.25, 0.3) is 0 Å². The smallest absolute Gasteiger partial charge is 0.209 e. The second-order valence-corrected chi connectivity index (χ2v) is 8.41. The molecule has 0 saturated heterocycles. The maximum atomic E-state index is 11.3. The minimum Gasteiger partial charge on any atom is -0.310 e. The molecule has 1 aromatic rings. The van der Waals surface area contributed by atoms with Gasteiger partial charge in [-0.3, -0.25) is 4.98 Å². The second-order valence-electron chi connectivity index (χ2n) is 6.68. The van der Waals surface area contributed by atoms with E-state index in [1.54, 1.807) is 6.20 Å². The fourth-order valence-electron chi connectivity index (χ4n) is 3.33. The molecule has 6 heteroatoms. The molecule has 0 spiro atoms. The summed E-state index contributed by atoms with van der Waals surface area (Å²) in [4.78, 5) is 4.11. The molecule has 1 unspecified atom stereocenters. The van der Waals surface area contributed by atoms with Gasteiger partial charge in [0.2, 0.25) is 10.0 Å². The number of nitrogens with zero attached hydrogens (tertiary/aromatic N) is 1. The largest absolute Gasteiger partial charge is 0.310 e. The summed E-state index contributed by atoms with van der Waals surface area (Å²) in [6.07, 6.45) is 13.1. The summed E-state index contributed by atoms with van der Waals surface area (Å²) < 4.78 is 22.5. The standard InChI is InChI=1S/C17H29N3O2S/c18-23(21,22)12-10-17(9-8-15-5-2-1-3-6-15)20-14-16-7-4-11-19-13-16/h4,7,11,13,15,17,20H,1-3,5-6,8-10,12,14H2,(H2,18,21,22). The Morgan fingerprint density at radius 3 is 2.70 bits per heavy atom. The van der Waals surface area contributed by atoms with E-state index in [0.29, 0.717) is 13.0 Å². The molecule has 1 atom stereocenters. The third-order valence-corrected chi connectivity index (χ3v) is 5.52. The van der Waals surface area contributed by atoms with Crippen molar-refractivity contribution >= 4 is 10.0 Å². The Morgan fingerprint density at radius 1 is 1.26 bits per heavy atom. The lowest BCUT2D eigenvalue weighted by molar-refractivity contribution is 0.310. The van der Waals surface area contributed by atoms with Crippen LogP contribution in [-0.4, -0.2) is 25.2 Å². The lowest BCUT2D eigenvalue weighted by Gasteiger charge is -2.25. The highest BCUT2D eigenvalue weighted by molar-refractivity contribution is 7.89. The van der Waals surface area contributed by atoms with E-state index in [4.69, 9.17) is 5.14 Å². The van der Waals surface area contributed by atoms with Gasteiger partial charge in [0.05, 0.1) is 5.75 Å². The van der Waals surface area contributed by atoms with E-state index >= 15 is 0 Å². The highest BCUT2D eigenvalue weighted by Gasteiger charge is 2.17. The average Bonchev–Trinajstić information content (AvgIpc) is 2.55. The molecule has 1 aliphatic rings. The molecule has 1 fully saturated rings. The van der Waals surface area contributed by atoms with Crippen molar-refractivity contribution in [2.75, 3.05) is 5.75 Å². The minimum absolute atomic E-state index is 0.0440. The zero-order valence-corrected chi connectivity index (χ0v) is 14.6. The summed E-state index contributed by atoms with van der Waals surface area (Å²) in [6.45, 7) is 0.716. The number of hydrogen-bond acceptors (Lipinski definition) is 4. The van der Waals surface area contributed by atoms with Crippen molar-refractivity contribution in [3.63, 3.8) is 0 Å². The molecule has 0 radical (unpaired) electrons. The molecule has 1 aromatic heterocycles. The fraction of sp³-hybridized carbons (Fsp3) is 0.706. The Kier molecular flexibility index (Phi) is 7.46. The van der Waals surface area contributed by atoms with Gasteiger partial charge in [0.15, 0.2) is 0 Å². The number of aromatic nitrogens is 1. The summed E-state index contributed by atoms with van der Waals surface area (Å²) in [5.41, 5.74) is 1.12. The highest BCUT2D eigenvalue weighted by atomic mass is 32.2. The Hall–Kier alpha value is -0.980. The Bertz CT molecular complexity index is 542. The molecule has 1 saturated carbocycles. The quantitative estimate of drug-likeness (QED) is 0.724. The van der Waals surface area contributed by atoms with Gasteiger partial charge in [0, 0.05) is 25.0 Å². The third kappa shape index (κ3) is 7.90. The monoisotopic (exact) mass is 339 g/mol. The van der Waals surface area contributed by atoms with Gasteiger partial charge in [-0.15, -0.1) is 0 Å². The molecule has 0 aliphatic heterocycles. The number of pyridine rings is 1. The lowest BCUT2D eigenvalue weighted by atomic mass is 9.85. The molecular weight excluding hydrogens is 310 g/mol. The number of nitrogens with one attached hydrogen (secondary N) is 1. The summed E-state index contributed by atoms with van der Waals surface area (Å²) in [7, 11) is -3.40. The summed E-state index contributed by atoms with van der Waals surface area (Å²) in [5.74, 6) is 0.850. The van der Waals surface area contributed by atoms with Gasteiger partial charge in [-0.25, -0.2) is 13.6 Å². The predicted octanol–water partition coefficient (Wildman–Crippen LogP) is 2.58. The van der Waals surface area contributed by atoms with Gasteiger partial charge in [-0.05, 0) is 36.8 Å². The van der Waals surface area contributed by atoms with Crippen molar-refractivity contribution in [2.45, 2.75) is 64.0 Å². The van der Waals surface area contributed by atoms with E-state index in [2.05, 4.69) is 10.3 Å². The number of sulfonamides is 1. The van der Waals surface area contributed by atoms with E-state index in [0.717, 1.165) is 17.9 Å². The molecule has 5 nitrogen and oxygen atoms in total. The molecule has 130 valence electrons. The van der Waals surface area contributed by atoms with Gasteiger partial charge in [0.25, 0.3) is 0 Å². The Balaban J connectivity index is 1.82. The Labute approximate surface area is 140 Å². The molecule has 0 amide bonds. The predicted molar refractivity (Wildman–Crippen MR) is 93.3 cm³/mol. The van der Waals surface area contributed by atoms with E-state index in [1.807, 2.05) is 18.3 Å². The number of hydrogen-bond donors (Lipinski definition) is 2. The first kappa shape index (κ1) is 18.4.